The van der Waals surface area contributed by atoms with Gasteiger partial charge in [0.25, 0.3) is 0 Å². The fourth-order valence-electron chi connectivity index (χ4n) is 1.27. The minimum Gasteiger partial charge on any atom is -0.396 e. The largest absolute Gasteiger partial charge is 0.396 e. The van der Waals surface area contributed by atoms with Crippen molar-refractivity contribution in [1.29, 1.82) is 0 Å². The van der Waals surface area contributed by atoms with E-state index >= 15 is 0 Å². The van der Waals surface area contributed by atoms with Crippen LogP contribution in [0.2, 0.25) is 0 Å². The molecule has 0 amide bonds. The number of hydrogen-bond donors (Lipinski definition) is 3. The number of aromatic nitrogens is 4. The lowest BCUT2D eigenvalue weighted by Crippen LogP contribution is -2.27. The van der Waals surface area contributed by atoms with E-state index in [4.69, 9.17) is 5.73 Å². The quantitative estimate of drug-likeness (QED) is 0.645. The molecular formula is C8H12N6O2S. The summed E-state index contributed by atoms with van der Waals surface area (Å²) < 4.78 is 27.3. The van der Waals surface area contributed by atoms with E-state index in [2.05, 4.69) is 20.0 Å². The zero-order valence-electron chi connectivity index (χ0n) is 8.87. The average molecular weight is 256 g/mol. The van der Waals surface area contributed by atoms with E-state index in [1.54, 1.807) is 10.9 Å². The van der Waals surface area contributed by atoms with Crippen LogP contribution in [0.15, 0.2) is 29.7 Å². The second-order valence-electron chi connectivity index (χ2n) is 3.37. The molecule has 0 spiro atoms. The Morgan fingerprint density at radius 2 is 2.29 bits per heavy atom. The van der Waals surface area contributed by atoms with Crippen LogP contribution in [0.1, 0.15) is 0 Å². The zero-order chi connectivity index (χ0) is 12.3. The highest BCUT2D eigenvalue weighted by molar-refractivity contribution is 7.89. The Kier molecular flexibility index (Phi) is 3.11. The van der Waals surface area contributed by atoms with Crippen molar-refractivity contribution >= 4 is 15.7 Å². The van der Waals surface area contributed by atoms with Gasteiger partial charge in [-0.15, -0.1) is 0 Å². The molecule has 0 saturated heterocycles. The predicted molar refractivity (Wildman–Crippen MR) is 60.4 cm³/mol. The number of hydrogen-bond acceptors (Lipinski definition) is 5. The fourth-order valence-corrected chi connectivity index (χ4v) is 2.19. The summed E-state index contributed by atoms with van der Waals surface area (Å²) >= 11 is 0. The van der Waals surface area contributed by atoms with Crippen LogP contribution < -0.4 is 10.5 Å². The molecule has 2 aromatic rings. The van der Waals surface area contributed by atoms with Crippen molar-refractivity contribution < 1.29 is 8.42 Å². The van der Waals surface area contributed by atoms with Crippen molar-refractivity contribution in [1.82, 2.24) is 24.7 Å². The first-order chi connectivity index (χ1) is 8.08. The first-order valence-corrected chi connectivity index (χ1v) is 6.32. The topological polar surface area (TPSA) is 119 Å². The maximum absolute atomic E-state index is 11.7. The smallest absolute Gasteiger partial charge is 0.243 e. The molecule has 0 aliphatic rings. The van der Waals surface area contributed by atoms with Crippen LogP contribution >= 0.6 is 0 Å². The van der Waals surface area contributed by atoms with Gasteiger partial charge in [0.15, 0.2) is 0 Å². The number of rotatable bonds is 5. The summed E-state index contributed by atoms with van der Waals surface area (Å²) in [5, 5.41) is 9.96. The molecule has 0 saturated carbocycles. The Labute approximate surface area is 97.9 Å². The summed E-state index contributed by atoms with van der Waals surface area (Å²) in [6, 6.07) is 0. The molecule has 0 aromatic carbocycles. The van der Waals surface area contributed by atoms with E-state index in [1.807, 2.05) is 0 Å². The van der Waals surface area contributed by atoms with E-state index in [-0.39, 0.29) is 11.4 Å². The highest BCUT2D eigenvalue weighted by Gasteiger charge is 2.13. The van der Waals surface area contributed by atoms with Gasteiger partial charge in [-0.2, -0.15) is 10.2 Å². The van der Waals surface area contributed by atoms with Crippen molar-refractivity contribution in [2.24, 2.45) is 0 Å². The number of aromatic amines is 1. The van der Waals surface area contributed by atoms with Gasteiger partial charge in [-0.3, -0.25) is 9.78 Å². The van der Waals surface area contributed by atoms with Crippen LogP contribution in [0.5, 0.6) is 0 Å². The molecule has 0 aliphatic heterocycles. The van der Waals surface area contributed by atoms with Gasteiger partial charge in [0.1, 0.15) is 4.90 Å². The van der Waals surface area contributed by atoms with Gasteiger partial charge in [0.05, 0.1) is 24.6 Å². The van der Waals surface area contributed by atoms with E-state index in [1.165, 1.54) is 18.6 Å². The number of anilines is 1. The van der Waals surface area contributed by atoms with Crippen molar-refractivity contribution in [2.45, 2.75) is 11.4 Å². The summed E-state index contributed by atoms with van der Waals surface area (Å²) in [7, 11) is -3.50. The number of nitrogens with two attached hydrogens (primary N) is 1. The highest BCUT2D eigenvalue weighted by Crippen LogP contribution is 2.03. The number of nitrogen functional groups attached to an aromatic ring is 1. The molecule has 17 heavy (non-hydrogen) atoms. The third-order valence-corrected chi connectivity index (χ3v) is 3.50. The Morgan fingerprint density at radius 3 is 2.88 bits per heavy atom. The van der Waals surface area contributed by atoms with Crippen molar-refractivity contribution in [3.8, 4) is 0 Å². The lowest BCUT2D eigenvalue weighted by molar-refractivity contribution is 0.561. The van der Waals surface area contributed by atoms with Gasteiger partial charge in [-0.1, -0.05) is 0 Å². The molecule has 4 N–H and O–H groups in total. The van der Waals surface area contributed by atoms with Crippen molar-refractivity contribution in [3.05, 3.63) is 24.8 Å². The number of H-pyrrole nitrogens is 1. The lowest BCUT2D eigenvalue weighted by Gasteiger charge is -2.04. The van der Waals surface area contributed by atoms with Crippen LogP contribution in [-0.4, -0.2) is 34.9 Å². The molecule has 2 aromatic heterocycles. The van der Waals surface area contributed by atoms with Crippen LogP contribution in [0.3, 0.4) is 0 Å². The molecule has 2 rings (SSSR count). The Bertz CT molecular complexity index is 573. The number of nitrogens with zero attached hydrogens (tertiary/aromatic N) is 3. The van der Waals surface area contributed by atoms with Crippen LogP contribution in [0.25, 0.3) is 0 Å². The van der Waals surface area contributed by atoms with Crippen molar-refractivity contribution in [2.75, 3.05) is 12.3 Å². The molecule has 2 heterocycles. The summed E-state index contributed by atoms with van der Waals surface area (Å²) in [5.41, 5.74) is 6.02. The maximum Gasteiger partial charge on any atom is 0.243 e. The Morgan fingerprint density at radius 1 is 1.47 bits per heavy atom. The van der Waals surface area contributed by atoms with E-state index < -0.39 is 10.0 Å². The summed E-state index contributed by atoms with van der Waals surface area (Å²) in [5.74, 6) is 0. The van der Waals surface area contributed by atoms with Crippen LogP contribution in [-0.2, 0) is 16.6 Å². The fraction of sp³-hybridized carbons (Fsp3) is 0.250. The van der Waals surface area contributed by atoms with Gasteiger partial charge in [-0.05, 0) is 0 Å². The molecular weight excluding hydrogens is 244 g/mol. The Hall–Kier alpha value is -1.87. The average Bonchev–Trinajstić information content (AvgIpc) is 2.89. The van der Waals surface area contributed by atoms with Gasteiger partial charge >= 0.3 is 0 Å². The van der Waals surface area contributed by atoms with Crippen molar-refractivity contribution in [3.63, 3.8) is 0 Å². The third kappa shape index (κ3) is 2.82. The number of sulfonamides is 1. The zero-order valence-corrected chi connectivity index (χ0v) is 9.68. The first-order valence-electron chi connectivity index (χ1n) is 4.84. The predicted octanol–water partition coefficient (Wildman–Crippen LogP) is -0.833. The minimum atomic E-state index is -3.50. The highest BCUT2D eigenvalue weighted by atomic mass is 32.2. The number of nitrogens with one attached hydrogen (secondary N) is 2. The van der Waals surface area contributed by atoms with Gasteiger partial charge in [-0.25, -0.2) is 13.1 Å². The van der Waals surface area contributed by atoms with E-state index in [0.717, 1.165) is 0 Å². The van der Waals surface area contributed by atoms with Crippen LogP contribution in [0.4, 0.5) is 5.69 Å². The summed E-state index contributed by atoms with van der Waals surface area (Å²) in [6.45, 7) is 0.642. The molecule has 0 bridgehead atoms. The Balaban J connectivity index is 1.91. The molecule has 92 valence electrons. The van der Waals surface area contributed by atoms with E-state index in [9.17, 15) is 8.42 Å². The molecule has 0 atom stereocenters. The van der Waals surface area contributed by atoms with Crippen LogP contribution in [0, 0.1) is 0 Å². The summed E-state index contributed by atoms with van der Waals surface area (Å²) in [6.07, 6.45) is 5.69. The molecule has 0 radical (unpaired) electrons. The molecule has 8 nitrogen and oxygen atoms in total. The second kappa shape index (κ2) is 4.55. The van der Waals surface area contributed by atoms with Gasteiger partial charge < -0.3 is 5.73 Å². The summed E-state index contributed by atoms with van der Waals surface area (Å²) in [4.78, 5) is 0.109. The SMILES string of the molecule is Nc1cnn(CCNS(=O)(=O)c2cn[nH]c2)c1. The molecule has 0 aliphatic carbocycles. The minimum absolute atomic E-state index is 0.109. The standard InChI is InChI=1S/C8H12N6O2S/c9-7-3-12-14(6-7)2-1-13-17(15,16)8-4-10-11-5-8/h3-6,13H,1-2,9H2,(H,10,11). The normalized spacial score (nSPS) is 11.8. The van der Waals surface area contributed by atoms with E-state index in [0.29, 0.717) is 12.2 Å². The maximum atomic E-state index is 11.7. The van der Waals surface area contributed by atoms with Gasteiger partial charge in [0, 0.05) is 18.9 Å². The molecule has 0 fully saturated rings. The van der Waals surface area contributed by atoms with Gasteiger partial charge in [0.2, 0.25) is 10.0 Å². The monoisotopic (exact) mass is 256 g/mol. The first kappa shape index (κ1) is 11.6. The third-order valence-electron chi connectivity index (χ3n) is 2.07. The second-order valence-corrected chi connectivity index (χ2v) is 5.14. The molecule has 0 unspecified atom stereocenters. The lowest BCUT2D eigenvalue weighted by atomic mass is 10.6. The molecule has 9 heteroatoms.